The second-order valence-corrected chi connectivity index (χ2v) is 2.97. The van der Waals surface area contributed by atoms with E-state index in [1.807, 2.05) is 0 Å². The van der Waals surface area contributed by atoms with Crippen LogP contribution in [0.25, 0.3) is 0 Å². The van der Waals surface area contributed by atoms with Gasteiger partial charge in [0.2, 0.25) is 0 Å². The van der Waals surface area contributed by atoms with Gasteiger partial charge in [-0.25, -0.2) is 8.78 Å². The Labute approximate surface area is 72.4 Å². The number of halogens is 3. The SMILES string of the molecule is Fc1ccc(F)c(CCBr)c1. The highest BCUT2D eigenvalue weighted by atomic mass is 79.9. The van der Waals surface area contributed by atoms with Crippen LogP contribution < -0.4 is 0 Å². The highest BCUT2D eigenvalue weighted by Crippen LogP contribution is 2.10. The third-order valence-electron chi connectivity index (χ3n) is 1.37. The Morgan fingerprint density at radius 3 is 2.64 bits per heavy atom. The fourth-order valence-corrected chi connectivity index (χ4v) is 1.26. The van der Waals surface area contributed by atoms with E-state index in [1.54, 1.807) is 0 Å². The number of rotatable bonds is 2. The molecule has 0 amide bonds. The molecule has 0 aliphatic heterocycles. The first-order valence-electron chi connectivity index (χ1n) is 3.24. The summed E-state index contributed by atoms with van der Waals surface area (Å²) in [6, 6.07) is 3.48. The molecule has 0 radical (unpaired) electrons. The zero-order valence-corrected chi connectivity index (χ0v) is 7.37. The van der Waals surface area contributed by atoms with Crippen molar-refractivity contribution in [3.63, 3.8) is 0 Å². The first kappa shape index (κ1) is 8.65. The average molecular weight is 221 g/mol. The van der Waals surface area contributed by atoms with Gasteiger partial charge >= 0.3 is 0 Å². The van der Waals surface area contributed by atoms with Gasteiger partial charge < -0.3 is 0 Å². The van der Waals surface area contributed by atoms with Gasteiger partial charge in [-0.2, -0.15) is 0 Å². The Balaban J connectivity index is 2.93. The zero-order chi connectivity index (χ0) is 8.27. The Hall–Kier alpha value is -0.440. The summed E-state index contributed by atoms with van der Waals surface area (Å²) in [7, 11) is 0. The minimum absolute atomic E-state index is 0.342. The van der Waals surface area contributed by atoms with Crippen LogP contribution in [0.3, 0.4) is 0 Å². The quantitative estimate of drug-likeness (QED) is 0.673. The van der Waals surface area contributed by atoms with Crippen LogP contribution in [0.2, 0.25) is 0 Å². The lowest BCUT2D eigenvalue weighted by Gasteiger charge is -1.98. The second-order valence-electron chi connectivity index (χ2n) is 2.17. The Kier molecular flexibility index (Phi) is 3.00. The van der Waals surface area contributed by atoms with Crippen molar-refractivity contribution in [3.05, 3.63) is 35.4 Å². The van der Waals surface area contributed by atoms with Crippen LogP contribution in [-0.2, 0) is 6.42 Å². The average Bonchev–Trinajstić information content (AvgIpc) is 1.98. The summed E-state index contributed by atoms with van der Waals surface area (Å²) in [5.74, 6) is -0.729. The summed E-state index contributed by atoms with van der Waals surface area (Å²) >= 11 is 3.16. The van der Waals surface area contributed by atoms with Gasteiger partial charge in [-0.1, -0.05) is 15.9 Å². The molecule has 0 saturated heterocycles. The molecular formula is C8H7BrF2. The van der Waals surface area contributed by atoms with Gasteiger partial charge in [0.1, 0.15) is 11.6 Å². The molecule has 0 bridgehead atoms. The molecule has 0 saturated carbocycles. The van der Waals surface area contributed by atoms with E-state index < -0.39 is 0 Å². The number of hydrogen-bond donors (Lipinski definition) is 0. The standard InChI is InChI=1S/C8H7BrF2/c9-4-3-6-5-7(10)1-2-8(6)11/h1-2,5H,3-4H2. The van der Waals surface area contributed by atoms with Crippen LogP contribution in [0, 0.1) is 11.6 Å². The molecule has 0 unspecified atom stereocenters. The van der Waals surface area contributed by atoms with Crippen molar-refractivity contribution in [3.8, 4) is 0 Å². The Morgan fingerprint density at radius 1 is 1.27 bits per heavy atom. The lowest BCUT2D eigenvalue weighted by atomic mass is 10.1. The summed E-state index contributed by atoms with van der Waals surface area (Å²) in [6.07, 6.45) is 0.517. The lowest BCUT2D eigenvalue weighted by Crippen LogP contribution is -1.92. The molecule has 0 N–H and O–H groups in total. The zero-order valence-electron chi connectivity index (χ0n) is 5.78. The fourth-order valence-electron chi connectivity index (χ4n) is 0.837. The maximum absolute atomic E-state index is 12.8. The van der Waals surface area contributed by atoms with E-state index in [4.69, 9.17) is 0 Å². The van der Waals surface area contributed by atoms with Gasteiger partial charge in [-0.15, -0.1) is 0 Å². The first-order valence-corrected chi connectivity index (χ1v) is 4.36. The van der Waals surface area contributed by atoms with E-state index in [0.29, 0.717) is 17.3 Å². The smallest absolute Gasteiger partial charge is 0.126 e. The van der Waals surface area contributed by atoms with Crippen LogP contribution in [-0.4, -0.2) is 5.33 Å². The topological polar surface area (TPSA) is 0 Å². The van der Waals surface area contributed by atoms with E-state index >= 15 is 0 Å². The number of hydrogen-bond acceptors (Lipinski definition) is 0. The lowest BCUT2D eigenvalue weighted by molar-refractivity contribution is 0.587. The van der Waals surface area contributed by atoms with Gasteiger partial charge in [-0.3, -0.25) is 0 Å². The minimum Gasteiger partial charge on any atom is -0.207 e. The highest BCUT2D eigenvalue weighted by molar-refractivity contribution is 9.09. The number of benzene rings is 1. The van der Waals surface area contributed by atoms with Crippen molar-refractivity contribution in [1.29, 1.82) is 0 Å². The minimum atomic E-state index is -0.387. The van der Waals surface area contributed by atoms with Crippen molar-refractivity contribution in [2.24, 2.45) is 0 Å². The molecule has 0 nitrogen and oxygen atoms in total. The monoisotopic (exact) mass is 220 g/mol. The Morgan fingerprint density at radius 2 is 2.00 bits per heavy atom. The van der Waals surface area contributed by atoms with Crippen molar-refractivity contribution < 1.29 is 8.78 Å². The molecule has 0 aliphatic rings. The Bertz CT molecular complexity index is 248. The maximum atomic E-state index is 12.8. The van der Waals surface area contributed by atoms with Crippen molar-refractivity contribution in [2.45, 2.75) is 6.42 Å². The first-order chi connectivity index (χ1) is 5.24. The fraction of sp³-hybridized carbons (Fsp3) is 0.250. The number of alkyl halides is 1. The van der Waals surface area contributed by atoms with Crippen LogP contribution in [0.15, 0.2) is 18.2 Å². The van der Waals surface area contributed by atoms with Crippen molar-refractivity contribution in [2.75, 3.05) is 5.33 Å². The third kappa shape index (κ3) is 2.26. The second kappa shape index (κ2) is 3.81. The predicted molar refractivity (Wildman–Crippen MR) is 43.9 cm³/mol. The molecule has 60 valence electrons. The third-order valence-corrected chi connectivity index (χ3v) is 1.77. The van der Waals surface area contributed by atoms with Gasteiger partial charge in [0.15, 0.2) is 0 Å². The highest BCUT2D eigenvalue weighted by Gasteiger charge is 2.01. The molecule has 11 heavy (non-hydrogen) atoms. The molecule has 1 rings (SSSR count). The predicted octanol–water partition coefficient (Wildman–Crippen LogP) is 2.90. The molecule has 0 aliphatic carbocycles. The van der Waals surface area contributed by atoms with Crippen molar-refractivity contribution >= 4 is 15.9 Å². The van der Waals surface area contributed by atoms with E-state index in [2.05, 4.69) is 15.9 Å². The van der Waals surface area contributed by atoms with E-state index in [-0.39, 0.29) is 11.6 Å². The summed E-state index contributed by atoms with van der Waals surface area (Å²) < 4.78 is 25.3. The molecule has 0 spiro atoms. The molecule has 1 aromatic carbocycles. The molecule has 0 heterocycles. The molecular weight excluding hydrogens is 214 g/mol. The van der Waals surface area contributed by atoms with E-state index in [0.717, 1.165) is 12.1 Å². The normalized spacial score (nSPS) is 10.1. The molecule has 1 aromatic rings. The number of aryl methyl sites for hydroxylation is 1. The van der Waals surface area contributed by atoms with Crippen LogP contribution in [0.5, 0.6) is 0 Å². The van der Waals surface area contributed by atoms with Gasteiger partial charge in [0.25, 0.3) is 0 Å². The van der Waals surface area contributed by atoms with E-state index in [1.165, 1.54) is 6.07 Å². The van der Waals surface area contributed by atoms with Crippen LogP contribution in [0.1, 0.15) is 5.56 Å². The van der Waals surface area contributed by atoms with Gasteiger partial charge in [0.05, 0.1) is 0 Å². The molecule has 3 heteroatoms. The van der Waals surface area contributed by atoms with Gasteiger partial charge in [0, 0.05) is 5.33 Å². The molecule has 0 fully saturated rings. The van der Waals surface area contributed by atoms with Gasteiger partial charge in [-0.05, 0) is 30.2 Å². The summed E-state index contributed by atoms with van der Waals surface area (Å²) in [6.45, 7) is 0. The summed E-state index contributed by atoms with van der Waals surface area (Å²) in [4.78, 5) is 0. The van der Waals surface area contributed by atoms with Crippen LogP contribution in [0.4, 0.5) is 8.78 Å². The maximum Gasteiger partial charge on any atom is 0.126 e. The summed E-state index contributed by atoms with van der Waals surface area (Å²) in [5.41, 5.74) is 0.418. The molecule has 0 atom stereocenters. The van der Waals surface area contributed by atoms with Crippen molar-refractivity contribution in [1.82, 2.24) is 0 Å². The molecule has 0 aromatic heterocycles. The van der Waals surface area contributed by atoms with Crippen LogP contribution >= 0.6 is 15.9 Å². The largest absolute Gasteiger partial charge is 0.207 e. The summed E-state index contributed by atoms with van der Waals surface area (Å²) in [5, 5.41) is 0.646. The van der Waals surface area contributed by atoms with E-state index in [9.17, 15) is 8.78 Å².